The van der Waals surface area contributed by atoms with Crippen LogP contribution >= 0.6 is 0 Å². The van der Waals surface area contributed by atoms with E-state index < -0.39 is 0 Å². The summed E-state index contributed by atoms with van der Waals surface area (Å²) in [5, 5.41) is 4.16. The fraction of sp³-hybridized carbons (Fsp3) is 0.364. The van der Waals surface area contributed by atoms with Gasteiger partial charge in [0.1, 0.15) is 11.5 Å². The number of nitrogens with zero attached hydrogens (tertiary/aromatic N) is 2. The average Bonchev–Trinajstić information content (AvgIpc) is 3.17. The van der Waals surface area contributed by atoms with E-state index in [1.165, 1.54) is 23.1 Å². The lowest BCUT2D eigenvalue weighted by Gasteiger charge is -2.35. The van der Waals surface area contributed by atoms with Crippen LogP contribution in [0.2, 0.25) is 0 Å². The molecule has 146 valence electrons. The Hall–Kier alpha value is -2.73. The molecule has 3 heterocycles. The van der Waals surface area contributed by atoms with Gasteiger partial charge in [-0.3, -0.25) is 9.69 Å². The molecule has 6 heteroatoms. The summed E-state index contributed by atoms with van der Waals surface area (Å²) in [5.74, 6) is 0.236. The van der Waals surface area contributed by atoms with Crippen molar-refractivity contribution in [2.45, 2.75) is 38.3 Å². The molecule has 1 saturated heterocycles. The molecule has 2 aromatic heterocycles. The summed E-state index contributed by atoms with van der Waals surface area (Å²) in [5.41, 5.74) is 3.17. The minimum Gasteiger partial charge on any atom is -0.351 e. The molecule has 0 radical (unpaired) electrons. The van der Waals surface area contributed by atoms with E-state index in [1.54, 1.807) is 18.3 Å². The number of aromatic amines is 1. The molecule has 1 aromatic carbocycles. The quantitative estimate of drug-likeness (QED) is 0.711. The highest BCUT2D eigenvalue weighted by atomic mass is 19.1. The van der Waals surface area contributed by atoms with Gasteiger partial charge in [0.15, 0.2) is 0 Å². The average molecular weight is 380 g/mol. The predicted octanol–water partition coefficient (Wildman–Crippen LogP) is 3.59. The number of carbonyl (C=O) groups is 1. The number of nitrogens with one attached hydrogen (secondary N) is 2. The fourth-order valence-corrected chi connectivity index (χ4v) is 4.02. The molecule has 0 spiro atoms. The first kappa shape index (κ1) is 18.6. The number of halogens is 1. The van der Waals surface area contributed by atoms with E-state index in [4.69, 9.17) is 0 Å². The van der Waals surface area contributed by atoms with E-state index in [2.05, 4.69) is 32.4 Å². The normalized spacial score (nSPS) is 16.9. The fourth-order valence-electron chi connectivity index (χ4n) is 4.02. The van der Waals surface area contributed by atoms with Gasteiger partial charge in [0, 0.05) is 24.3 Å². The lowest BCUT2D eigenvalue weighted by atomic mass is 9.89. The molecule has 3 aromatic rings. The Morgan fingerprint density at radius 2 is 2.04 bits per heavy atom. The smallest absolute Gasteiger partial charge is 0.237 e. The van der Waals surface area contributed by atoms with Crippen molar-refractivity contribution in [1.82, 2.24) is 20.2 Å². The van der Waals surface area contributed by atoms with Gasteiger partial charge < -0.3 is 10.3 Å². The van der Waals surface area contributed by atoms with Crippen LogP contribution in [-0.4, -0.2) is 39.9 Å². The van der Waals surface area contributed by atoms with Crippen LogP contribution in [0.4, 0.5) is 4.39 Å². The van der Waals surface area contributed by atoms with Crippen molar-refractivity contribution in [2.24, 2.45) is 0 Å². The number of amides is 1. The minimum absolute atomic E-state index is 0.0130. The Balaban J connectivity index is 1.31. The van der Waals surface area contributed by atoms with Crippen LogP contribution in [0, 0.1) is 5.82 Å². The van der Waals surface area contributed by atoms with Gasteiger partial charge in [0.25, 0.3) is 0 Å². The molecule has 0 aliphatic carbocycles. The Kier molecular flexibility index (Phi) is 5.39. The van der Waals surface area contributed by atoms with E-state index in [9.17, 15) is 9.18 Å². The van der Waals surface area contributed by atoms with Crippen molar-refractivity contribution in [3.63, 3.8) is 0 Å². The summed E-state index contributed by atoms with van der Waals surface area (Å²) >= 11 is 0. The van der Waals surface area contributed by atoms with E-state index in [-0.39, 0.29) is 17.8 Å². The Morgan fingerprint density at radius 1 is 1.29 bits per heavy atom. The maximum absolute atomic E-state index is 13.0. The van der Waals surface area contributed by atoms with Crippen LogP contribution in [0.3, 0.4) is 0 Å². The largest absolute Gasteiger partial charge is 0.351 e. The molecule has 5 nitrogen and oxygen atoms in total. The number of likely N-dealkylation sites (tertiary alicyclic amines) is 1. The zero-order valence-electron chi connectivity index (χ0n) is 16.0. The second kappa shape index (κ2) is 8.10. The lowest BCUT2D eigenvalue weighted by molar-refractivity contribution is -0.126. The van der Waals surface area contributed by atoms with Crippen molar-refractivity contribution < 1.29 is 9.18 Å². The van der Waals surface area contributed by atoms with Gasteiger partial charge >= 0.3 is 0 Å². The summed E-state index contributed by atoms with van der Waals surface area (Å²) in [4.78, 5) is 22.4. The predicted molar refractivity (Wildman–Crippen MR) is 107 cm³/mol. The highest BCUT2D eigenvalue weighted by molar-refractivity contribution is 5.81. The molecular weight excluding hydrogens is 355 g/mol. The first-order chi connectivity index (χ1) is 13.6. The highest BCUT2D eigenvalue weighted by Crippen LogP contribution is 2.33. The van der Waals surface area contributed by atoms with Gasteiger partial charge in [0.2, 0.25) is 5.91 Å². The van der Waals surface area contributed by atoms with Gasteiger partial charge in [-0.1, -0.05) is 12.1 Å². The van der Waals surface area contributed by atoms with Crippen molar-refractivity contribution in [3.05, 3.63) is 65.7 Å². The zero-order valence-corrected chi connectivity index (χ0v) is 16.0. The van der Waals surface area contributed by atoms with Crippen LogP contribution in [-0.2, 0) is 11.3 Å². The molecule has 1 atom stereocenters. The summed E-state index contributed by atoms with van der Waals surface area (Å²) in [6, 6.07) is 10.1. The molecule has 1 fully saturated rings. The van der Waals surface area contributed by atoms with Gasteiger partial charge in [-0.25, -0.2) is 9.37 Å². The molecule has 1 aliphatic rings. The number of H-pyrrole nitrogens is 1. The van der Waals surface area contributed by atoms with Crippen molar-refractivity contribution in [1.29, 1.82) is 0 Å². The zero-order chi connectivity index (χ0) is 19.5. The van der Waals surface area contributed by atoms with Crippen LogP contribution in [0.25, 0.3) is 11.0 Å². The van der Waals surface area contributed by atoms with Crippen molar-refractivity contribution in [3.8, 4) is 0 Å². The number of piperidine rings is 1. The molecule has 28 heavy (non-hydrogen) atoms. The van der Waals surface area contributed by atoms with E-state index in [1.807, 2.05) is 13.0 Å². The minimum atomic E-state index is -0.266. The summed E-state index contributed by atoms with van der Waals surface area (Å²) in [6.45, 7) is 4.16. The van der Waals surface area contributed by atoms with Gasteiger partial charge in [-0.05, 0) is 74.2 Å². The van der Waals surface area contributed by atoms with Crippen LogP contribution < -0.4 is 5.32 Å². The molecule has 1 unspecified atom stereocenters. The number of aromatic nitrogens is 2. The third-order valence-electron chi connectivity index (χ3n) is 5.76. The molecule has 0 saturated carbocycles. The monoisotopic (exact) mass is 380 g/mol. The van der Waals surface area contributed by atoms with Gasteiger partial charge in [-0.15, -0.1) is 0 Å². The van der Waals surface area contributed by atoms with Crippen LogP contribution in [0.15, 0.2) is 48.8 Å². The molecule has 4 rings (SSSR count). The van der Waals surface area contributed by atoms with Crippen molar-refractivity contribution in [2.75, 3.05) is 13.1 Å². The number of rotatable bonds is 5. The van der Waals surface area contributed by atoms with Crippen molar-refractivity contribution >= 4 is 16.9 Å². The topological polar surface area (TPSA) is 61.0 Å². The number of hydrogen-bond donors (Lipinski definition) is 2. The SMILES string of the molecule is CC(C(=O)NCc1ccc(F)cc1)N1CCC(c2c[nH]c3ncccc23)CC1. The van der Waals surface area contributed by atoms with Gasteiger partial charge in [-0.2, -0.15) is 0 Å². The molecule has 1 aliphatic heterocycles. The van der Waals surface area contributed by atoms with Gasteiger partial charge in [0.05, 0.1) is 6.04 Å². The first-order valence-electron chi connectivity index (χ1n) is 9.80. The van der Waals surface area contributed by atoms with Crippen LogP contribution in [0.1, 0.15) is 36.8 Å². The first-order valence-corrected chi connectivity index (χ1v) is 9.80. The molecular formula is C22H25FN4O. The summed E-state index contributed by atoms with van der Waals surface area (Å²) in [6.07, 6.45) is 5.93. The molecule has 0 bridgehead atoms. The maximum Gasteiger partial charge on any atom is 0.237 e. The Labute approximate surface area is 164 Å². The van der Waals surface area contributed by atoms with E-state index in [0.717, 1.165) is 37.1 Å². The number of pyridine rings is 1. The third-order valence-corrected chi connectivity index (χ3v) is 5.76. The molecule has 1 amide bonds. The van der Waals surface area contributed by atoms with E-state index >= 15 is 0 Å². The number of fused-ring (bicyclic) bond motifs is 1. The molecule has 2 N–H and O–H groups in total. The third kappa shape index (κ3) is 3.92. The second-order valence-electron chi connectivity index (χ2n) is 7.47. The standard InChI is InChI=1S/C22H25FN4O/c1-15(22(28)26-13-16-4-6-18(23)7-5-16)27-11-8-17(9-12-27)20-14-25-21-19(20)3-2-10-24-21/h2-7,10,14-15,17H,8-9,11-13H2,1H3,(H,24,25)(H,26,28). The number of benzene rings is 1. The Bertz CT molecular complexity index is 945. The summed E-state index contributed by atoms with van der Waals surface area (Å²) < 4.78 is 13.0. The number of hydrogen-bond acceptors (Lipinski definition) is 3. The van der Waals surface area contributed by atoms with Crippen LogP contribution in [0.5, 0.6) is 0 Å². The highest BCUT2D eigenvalue weighted by Gasteiger charge is 2.28. The van der Waals surface area contributed by atoms with E-state index in [0.29, 0.717) is 12.5 Å². The lowest BCUT2D eigenvalue weighted by Crippen LogP contribution is -2.47. The second-order valence-corrected chi connectivity index (χ2v) is 7.47. The maximum atomic E-state index is 13.0. The summed E-state index contributed by atoms with van der Waals surface area (Å²) in [7, 11) is 0. The number of carbonyl (C=O) groups excluding carboxylic acids is 1. The Morgan fingerprint density at radius 3 is 2.79 bits per heavy atom.